The Kier molecular flexibility index (Phi) is 7.20. The van der Waals surface area contributed by atoms with E-state index >= 15 is 0 Å². The van der Waals surface area contributed by atoms with Gasteiger partial charge >= 0.3 is 0 Å². The highest BCUT2D eigenvalue weighted by atomic mass is 19.1. The lowest BCUT2D eigenvalue weighted by atomic mass is 9.98. The predicted molar refractivity (Wildman–Crippen MR) is 134 cm³/mol. The number of Topliss-reactive ketones (excluding diaryl/α,β-unsaturated/α-hetero) is 1. The number of nitrogens with zero attached hydrogens (tertiary/aromatic N) is 4. The molecule has 182 valence electrons. The number of ketones is 1. The third-order valence-corrected chi connectivity index (χ3v) is 6.06. The molecule has 36 heavy (non-hydrogen) atoms. The Hall–Kier alpha value is -4.38. The van der Waals surface area contributed by atoms with E-state index in [2.05, 4.69) is 16.0 Å². The van der Waals surface area contributed by atoms with Gasteiger partial charge in [-0.2, -0.15) is 5.26 Å². The number of carbonyl (C=O) groups is 2. The predicted octanol–water partition coefficient (Wildman–Crippen LogP) is 4.96. The number of fused-ring (bicyclic) bond motifs is 1. The van der Waals surface area contributed by atoms with Gasteiger partial charge in [0, 0.05) is 37.4 Å². The number of hydrogen-bond donors (Lipinski definition) is 0. The summed E-state index contributed by atoms with van der Waals surface area (Å²) in [5.41, 5.74) is 4.56. The Bertz CT molecular complexity index is 1430. The highest BCUT2D eigenvalue weighted by molar-refractivity contribution is 5.97. The van der Waals surface area contributed by atoms with Gasteiger partial charge in [0.1, 0.15) is 11.5 Å². The van der Waals surface area contributed by atoms with E-state index < -0.39 is 5.82 Å². The van der Waals surface area contributed by atoms with E-state index in [0.717, 1.165) is 16.7 Å². The van der Waals surface area contributed by atoms with Crippen LogP contribution in [0.1, 0.15) is 63.4 Å². The van der Waals surface area contributed by atoms with Crippen LogP contribution in [0, 0.1) is 17.1 Å². The first-order chi connectivity index (χ1) is 17.4. The maximum Gasteiger partial charge on any atom is 0.272 e. The fraction of sp³-hybridized carbons (Fsp3) is 0.250. The van der Waals surface area contributed by atoms with Gasteiger partial charge in [0.15, 0.2) is 5.78 Å². The Morgan fingerprint density at radius 2 is 1.97 bits per heavy atom. The number of ether oxygens (including phenoxy) is 1. The van der Waals surface area contributed by atoms with Crippen molar-refractivity contribution >= 4 is 17.9 Å². The molecule has 0 radical (unpaired) electrons. The van der Waals surface area contributed by atoms with Gasteiger partial charge in [-0.05, 0) is 53.9 Å². The summed E-state index contributed by atoms with van der Waals surface area (Å²) in [5, 5.41) is 9.32. The van der Waals surface area contributed by atoms with E-state index in [0.29, 0.717) is 36.4 Å². The number of benzene rings is 2. The number of carbonyl (C=O) groups excluding carboxylic acids is 2. The van der Waals surface area contributed by atoms with E-state index in [4.69, 9.17) is 4.74 Å². The zero-order valence-corrected chi connectivity index (χ0v) is 20.3. The lowest BCUT2D eigenvalue weighted by molar-refractivity contribution is 0.0777. The van der Waals surface area contributed by atoms with Gasteiger partial charge in [-0.1, -0.05) is 19.1 Å². The number of rotatable bonds is 8. The van der Waals surface area contributed by atoms with Crippen molar-refractivity contribution < 1.29 is 18.7 Å². The van der Waals surface area contributed by atoms with Crippen LogP contribution in [-0.4, -0.2) is 41.4 Å². The van der Waals surface area contributed by atoms with Crippen LogP contribution in [0.5, 0.6) is 5.88 Å². The second-order valence-electron chi connectivity index (χ2n) is 8.36. The maximum absolute atomic E-state index is 14.2. The molecule has 0 saturated carbocycles. The molecule has 8 heteroatoms. The van der Waals surface area contributed by atoms with Gasteiger partial charge < -0.3 is 9.64 Å². The molecule has 1 amide bonds. The monoisotopic (exact) mass is 484 g/mol. The molecular formula is C28H25FN4O3. The highest BCUT2D eigenvalue weighted by Gasteiger charge is 2.21. The van der Waals surface area contributed by atoms with E-state index in [1.807, 2.05) is 6.07 Å². The molecule has 7 nitrogen and oxygen atoms in total. The normalized spacial score (nSPS) is 11.6. The minimum atomic E-state index is -0.579. The summed E-state index contributed by atoms with van der Waals surface area (Å²) in [7, 11) is 1.68. The van der Waals surface area contributed by atoms with Gasteiger partial charge in [0.25, 0.3) is 5.91 Å². The first kappa shape index (κ1) is 24.7. The third-order valence-electron chi connectivity index (χ3n) is 6.06. The Morgan fingerprint density at radius 3 is 2.69 bits per heavy atom. The first-order valence-corrected chi connectivity index (χ1v) is 11.6. The molecule has 0 spiro atoms. The van der Waals surface area contributed by atoms with Crippen molar-refractivity contribution in [2.45, 2.75) is 33.4 Å². The quantitative estimate of drug-likeness (QED) is 0.421. The number of hydrogen-bond acceptors (Lipinski definition) is 6. The molecular weight excluding hydrogens is 459 g/mol. The second-order valence-corrected chi connectivity index (χ2v) is 8.36. The molecule has 0 fully saturated rings. The fourth-order valence-corrected chi connectivity index (χ4v) is 4.16. The zero-order chi connectivity index (χ0) is 25.8. The largest absolute Gasteiger partial charge is 0.478 e. The second kappa shape index (κ2) is 10.5. The van der Waals surface area contributed by atoms with E-state index in [1.165, 1.54) is 12.1 Å². The van der Waals surface area contributed by atoms with Gasteiger partial charge in [-0.15, -0.1) is 0 Å². The fourth-order valence-electron chi connectivity index (χ4n) is 4.16. The highest BCUT2D eigenvalue weighted by Crippen LogP contribution is 2.31. The molecule has 0 aliphatic carbocycles. The standard InChI is InChI=1S/C28H25FN4O3/c1-4-26(34)21-12-17(8-10-24(21)29)20-9-11-25(32-27(20)36-5-2)28(35)33(3)16-19-7-6-18(13-30)22-14-31-15-23(19)22/h6-12,14H,4-5,15-16H2,1-3H3. The minimum absolute atomic E-state index is 0.0104. The van der Waals surface area contributed by atoms with Crippen molar-refractivity contribution in [1.82, 2.24) is 9.88 Å². The van der Waals surface area contributed by atoms with E-state index in [-0.39, 0.29) is 35.2 Å². The topological polar surface area (TPSA) is 95.7 Å². The maximum atomic E-state index is 14.2. The van der Waals surface area contributed by atoms with Crippen LogP contribution >= 0.6 is 0 Å². The average Bonchev–Trinajstić information content (AvgIpc) is 3.39. The number of aliphatic imine (C=N–C) groups is 1. The van der Waals surface area contributed by atoms with Crippen molar-refractivity contribution in [3.8, 4) is 23.1 Å². The molecule has 3 aromatic rings. The Labute approximate surface area is 208 Å². The first-order valence-electron chi connectivity index (χ1n) is 11.6. The summed E-state index contributed by atoms with van der Waals surface area (Å²) < 4.78 is 19.9. The molecule has 0 bridgehead atoms. The van der Waals surface area contributed by atoms with Crippen LogP contribution in [0.3, 0.4) is 0 Å². The SMILES string of the molecule is CCOc1nc(C(=O)N(C)Cc2ccc(C#N)c3c2CN=C3)ccc1-c1ccc(F)c(C(=O)CC)c1. The summed E-state index contributed by atoms with van der Waals surface area (Å²) in [6.07, 6.45) is 1.88. The van der Waals surface area contributed by atoms with E-state index in [1.54, 1.807) is 56.3 Å². The minimum Gasteiger partial charge on any atom is -0.478 e. The number of aromatic nitrogens is 1. The van der Waals surface area contributed by atoms with Crippen LogP contribution in [0.15, 0.2) is 47.5 Å². The lowest BCUT2D eigenvalue weighted by Crippen LogP contribution is -2.27. The molecule has 0 saturated heterocycles. The van der Waals surface area contributed by atoms with Gasteiger partial charge in [0.05, 0.1) is 30.3 Å². The number of amides is 1. The van der Waals surface area contributed by atoms with Gasteiger partial charge in [0.2, 0.25) is 5.88 Å². The van der Waals surface area contributed by atoms with Crippen LogP contribution in [0.2, 0.25) is 0 Å². The Morgan fingerprint density at radius 1 is 1.17 bits per heavy atom. The van der Waals surface area contributed by atoms with Crippen LogP contribution < -0.4 is 4.74 Å². The van der Waals surface area contributed by atoms with Crippen molar-refractivity contribution in [2.24, 2.45) is 4.99 Å². The van der Waals surface area contributed by atoms with Crippen LogP contribution in [0.25, 0.3) is 11.1 Å². The summed E-state index contributed by atoms with van der Waals surface area (Å²) in [6.45, 7) is 4.59. The van der Waals surface area contributed by atoms with Crippen molar-refractivity contribution in [2.75, 3.05) is 13.7 Å². The summed E-state index contributed by atoms with van der Waals surface area (Å²) in [6, 6.07) is 13.3. The Balaban J connectivity index is 1.62. The summed E-state index contributed by atoms with van der Waals surface area (Å²) in [5.74, 6) is -0.954. The van der Waals surface area contributed by atoms with Gasteiger partial charge in [-0.25, -0.2) is 9.37 Å². The molecule has 2 heterocycles. The number of nitriles is 1. The zero-order valence-electron chi connectivity index (χ0n) is 20.3. The van der Waals surface area contributed by atoms with Crippen molar-refractivity contribution in [1.29, 1.82) is 5.26 Å². The smallest absolute Gasteiger partial charge is 0.272 e. The van der Waals surface area contributed by atoms with Gasteiger partial charge in [-0.3, -0.25) is 14.6 Å². The molecule has 4 rings (SSSR count). The molecule has 1 aliphatic heterocycles. The molecule has 0 atom stereocenters. The number of pyridine rings is 1. The molecule has 1 aliphatic rings. The summed E-state index contributed by atoms with van der Waals surface area (Å²) in [4.78, 5) is 35.7. The molecule has 2 aromatic carbocycles. The lowest BCUT2D eigenvalue weighted by Gasteiger charge is -2.20. The molecule has 1 aromatic heterocycles. The number of halogens is 1. The third kappa shape index (κ3) is 4.73. The average molecular weight is 485 g/mol. The van der Waals surface area contributed by atoms with Crippen LogP contribution in [0.4, 0.5) is 4.39 Å². The molecule has 0 unspecified atom stereocenters. The molecule has 0 N–H and O–H groups in total. The van der Waals surface area contributed by atoms with E-state index in [9.17, 15) is 19.2 Å². The summed E-state index contributed by atoms with van der Waals surface area (Å²) >= 11 is 0. The van der Waals surface area contributed by atoms with Crippen molar-refractivity contribution in [3.63, 3.8) is 0 Å². The van der Waals surface area contributed by atoms with Crippen LogP contribution in [-0.2, 0) is 13.1 Å². The van der Waals surface area contributed by atoms with Crippen molar-refractivity contribution in [3.05, 3.63) is 81.8 Å².